The van der Waals surface area contributed by atoms with Crippen molar-refractivity contribution in [3.63, 3.8) is 0 Å². The summed E-state index contributed by atoms with van der Waals surface area (Å²) in [5, 5.41) is 1.09. The van der Waals surface area contributed by atoms with Crippen LogP contribution in [0, 0.1) is 0 Å². The van der Waals surface area contributed by atoms with E-state index in [2.05, 4.69) is 29.2 Å². The highest BCUT2D eigenvalue weighted by Gasteiger charge is 2.07. The normalized spacial score (nSPS) is 11.2. The largest absolute Gasteiger partial charge is 0.397 e. The third kappa shape index (κ3) is 4.60. The minimum atomic E-state index is 0.514. The van der Waals surface area contributed by atoms with E-state index < -0.39 is 0 Å². The number of benzene rings is 2. The fourth-order valence-electron chi connectivity index (χ4n) is 2.75. The van der Waals surface area contributed by atoms with Gasteiger partial charge in [0.1, 0.15) is 0 Å². The number of ether oxygens (including phenoxy) is 3. The van der Waals surface area contributed by atoms with Gasteiger partial charge >= 0.3 is 0 Å². The number of aromatic nitrogens is 1. The number of nitrogen functional groups attached to an aromatic ring is 1. The molecule has 5 nitrogen and oxygen atoms in total. The molecule has 0 atom stereocenters. The molecule has 2 aromatic carbocycles. The van der Waals surface area contributed by atoms with Gasteiger partial charge in [-0.2, -0.15) is 0 Å². The van der Waals surface area contributed by atoms with Gasteiger partial charge in [0, 0.05) is 18.2 Å². The highest BCUT2D eigenvalue weighted by molar-refractivity contribution is 5.94. The van der Waals surface area contributed by atoms with Gasteiger partial charge in [0.05, 0.1) is 44.2 Å². The van der Waals surface area contributed by atoms with Gasteiger partial charge in [-0.15, -0.1) is 0 Å². The molecule has 132 valence electrons. The number of nitrogens with one attached hydrogen (secondary N) is 1. The Hall–Kier alpha value is -2.34. The number of anilines is 1. The van der Waals surface area contributed by atoms with Crippen LogP contribution in [-0.4, -0.2) is 38.5 Å². The molecule has 0 fully saturated rings. The first kappa shape index (κ1) is 17.5. The molecule has 0 aliphatic rings. The van der Waals surface area contributed by atoms with E-state index in [9.17, 15) is 0 Å². The fourth-order valence-corrected chi connectivity index (χ4v) is 2.75. The van der Waals surface area contributed by atoms with Crippen LogP contribution in [0.3, 0.4) is 0 Å². The van der Waals surface area contributed by atoms with Crippen molar-refractivity contribution in [3.05, 3.63) is 54.1 Å². The number of hydrogen-bond acceptors (Lipinski definition) is 4. The van der Waals surface area contributed by atoms with Crippen LogP contribution in [0.5, 0.6) is 0 Å². The number of aromatic amines is 1. The zero-order valence-corrected chi connectivity index (χ0v) is 14.5. The Morgan fingerprint density at radius 1 is 0.920 bits per heavy atom. The van der Waals surface area contributed by atoms with Crippen molar-refractivity contribution < 1.29 is 14.2 Å². The van der Waals surface area contributed by atoms with Crippen LogP contribution in [0.25, 0.3) is 22.2 Å². The lowest BCUT2D eigenvalue weighted by molar-refractivity contribution is 0.0200. The van der Waals surface area contributed by atoms with Gasteiger partial charge in [0.15, 0.2) is 0 Å². The summed E-state index contributed by atoms with van der Waals surface area (Å²) in [4.78, 5) is 3.41. The number of fused-ring (bicyclic) bond motifs is 1. The molecule has 1 heterocycles. The molecule has 3 aromatic rings. The number of methoxy groups -OCH3 is 1. The van der Waals surface area contributed by atoms with Gasteiger partial charge in [-0.1, -0.05) is 30.3 Å². The Morgan fingerprint density at radius 2 is 1.68 bits per heavy atom. The predicted molar refractivity (Wildman–Crippen MR) is 100 cm³/mol. The minimum absolute atomic E-state index is 0.514. The Bertz CT molecular complexity index is 799. The van der Waals surface area contributed by atoms with Gasteiger partial charge in [-0.25, -0.2) is 0 Å². The van der Waals surface area contributed by atoms with Crippen LogP contribution in [-0.2, 0) is 20.8 Å². The van der Waals surface area contributed by atoms with Crippen molar-refractivity contribution in [2.45, 2.75) is 6.61 Å². The molecule has 0 radical (unpaired) electrons. The van der Waals surface area contributed by atoms with Crippen LogP contribution in [0.4, 0.5) is 5.69 Å². The smallest absolute Gasteiger partial charge is 0.0719 e. The second-order valence-electron chi connectivity index (χ2n) is 5.86. The molecule has 3 rings (SSSR count). The lowest BCUT2D eigenvalue weighted by Gasteiger charge is -2.07. The molecular weight excluding hydrogens is 316 g/mol. The summed E-state index contributed by atoms with van der Waals surface area (Å²) in [6.45, 7) is 2.81. The summed E-state index contributed by atoms with van der Waals surface area (Å²) >= 11 is 0. The molecule has 0 saturated carbocycles. The lowest BCUT2D eigenvalue weighted by Crippen LogP contribution is -2.08. The number of hydrogen-bond donors (Lipinski definition) is 2. The van der Waals surface area contributed by atoms with Gasteiger partial charge < -0.3 is 24.9 Å². The van der Waals surface area contributed by atoms with Crippen molar-refractivity contribution in [3.8, 4) is 11.3 Å². The zero-order chi connectivity index (χ0) is 17.5. The molecule has 0 aliphatic carbocycles. The van der Waals surface area contributed by atoms with E-state index >= 15 is 0 Å². The fraction of sp³-hybridized carbons (Fsp3) is 0.300. The Balaban J connectivity index is 1.63. The van der Waals surface area contributed by atoms with E-state index in [0.717, 1.165) is 33.4 Å². The van der Waals surface area contributed by atoms with Crippen LogP contribution in [0.15, 0.2) is 48.5 Å². The lowest BCUT2D eigenvalue weighted by atomic mass is 10.1. The van der Waals surface area contributed by atoms with Crippen molar-refractivity contribution in [1.29, 1.82) is 0 Å². The van der Waals surface area contributed by atoms with Crippen LogP contribution < -0.4 is 5.73 Å². The van der Waals surface area contributed by atoms with Gasteiger partial charge in [-0.05, 0) is 29.3 Å². The summed E-state index contributed by atoms with van der Waals surface area (Å²) in [5.41, 5.74) is 11.2. The molecule has 5 heteroatoms. The van der Waals surface area contributed by atoms with Gasteiger partial charge in [0.2, 0.25) is 0 Å². The minimum Gasteiger partial charge on any atom is -0.397 e. The van der Waals surface area contributed by atoms with E-state index in [1.54, 1.807) is 7.11 Å². The second kappa shape index (κ2) is 8.67. The van der Waals surface area contributed by atoms with Crippen LogP contribution >= 0.6 is 0 Å². The molecule has 3 N–H and O–H groups in total. The first-order valence-corrected chi connectivity index (χ1v) is 8.39. The second-order valence-corrected chi connectivity index (χ2v) is 5.86. The third-order valence-corrected chi connectivity index (χ3v) is 3.98. The Morgan fingerprint density at radius 3 is 2.48 bits per heavy atom. The average molecular weight is 340 g/mol. The molecule has 0 spiro atoms. The van der Waals surface area contributed by atoms with Gasteiger partial charge in [-0.3, -0.25) is 0 Å². The summed E-state index contributed by atoms with van der Waals surface area (Å²) in [5.74, 6) is 0. The summed E-state index contributed by atoms with van der Waals surface area (Å²) in [6, 6.07) is 16.4. The molecule has 0 saturated heterocycles. The van der Waals surface area contributed by atoms with Crippen molar-refractivity contribution in [2.75, 3.05) is 39.3 Å². The highest BCUT2D eigenvalue weighted by atomic mass is 16.5. The number of H-pyrrole nitrogens is 1. The maximum absolute atomic E-state index is 6.21. The van der Waals surface area contributed by atoms with E-state index in [4.69, 9.17) is 19.9 Å². The molecule has 0 unspecified atom stereocenters. The maximum atomic E-state index is 6.21. The summed E-state index contributed by atoms with van der Waals surface area (Å²) in [7, 11) is 1.66. The quantitative estimate of drug-likeness (QED) is 0.461. The van der Waals surface area contributed by atoms with Crippen LogP contribution in [0.1, 0.15) is 5.56 Å². The maximum Gasteiger partial charge on any atom is 0.0719 e. The van der Waals surface area contributed by atoms with E-state index in [-0.39, 0.29) is 0 Å². The topological polar surface area (TPSA) is 69.5 Å². The standard InChI is InChI=1S/C20H24N2O3/c1-23-7-8-24-9-10-25-14-15-11-17-13-19(16-5-3-2-4-6-16)22-20(17)18(21)12-15/h2-6,11-13,22H,7-10,14,21H2,1H3. The predicted octanol–water partition coefficient (Wildman–Crippen LogP) is 3.60. The third-order valence-electron chi connectivity index (χ3n) is 3.98. The number of rotatable bonds is 9. The SMILES string of the molecule is COCCOCCOCc1cc(N)c2[nH]c(-c3ccccc3)cc2c1. The molecule has 1 aromatic heterocycles. The average Bonchev–Trinajstić information content (AvgIpc) is 3.06. The number of nitrogens with two attached hydrogens (primary N) is 1. The Kier molecular flexibility index (Phi) is 6.06. The van der Waals surface area contributed by atoms with Crippen LogP contribution in [0.2, 0.25) is 0 Å². The zero-order valence-electron chi connectivity index (χ0n) is 14.5. The summed E-state index contributed by atoms with van der Waals surface area (Å²) in [6.07, 6.45) is 0. The molecule has 0 amide bonds. The van der Waals surface area contributed by atoms with Gasteiger partial charge in [0.25, 0.3) is 0 Å². The van der Waals surface area contributed by atoms with Crippen molar-refractivity contribution >= 4 is 16.6 Å². The highest BCUT2D eigenvalue weighted by Crippen LogP contribution is 2.28. The molecule has 25 heavy (non-hydrogen) atoms. The monoisotopic (exact) mass is 340 g/mol. The molecular formula is C20H24N2O3. The molecule has 0 aliphatic heterocycles. The first-order chi connectivity index (χ1) is 12.3. The summed E-state index contributed by atoms with van der Waals surface area (Å²) < 4.78 is 16.0. The van der Waals surface area contributed by atoms with Crippen molar-refractivity contribution in [1.82, 2.24) is 4.98 Å². The Labute approximate surface area is 147 Å². The molecule has 0 bridgehead atoms. The van der Waals surface area contributed by atoms with E-state index in [1.807, 2.05) is 24.3 Å². The first-order valence-electron chi connectivity index (χ1n) is 8.39. The van der Waals surface area contributed by atoms with Crippen molar-refractivity contribution in [2.24, 2.45) is 0 Å². The van der Waals surface area contributed by atoms with E-state index in [0.29, 0.717) is 33.0 Å². The van der Waals surface area contributed by atoms with E-state index in [1.165, 1.54) is 0 Å².